The van der Waals surface area contributed by atoms with Crippen molar-refractivity contribution < 1.29 is 4.79 Å². The monoisotopic (exact) mass is 451 g/mol. The zero-order chi connectivity index (χ0) is 21.6. The van der Waals surface area contributed by atoms with Crippen LogP contribution in [0.1, 0.15) is 40.2 Å². The van der Waals surface area contributed by atoms with Crippen LogP contribution >= 0.6 is 23.2 Å². The Morgan fingerprint density at radius 3 is 2.52 bits per heavy atom. The van der Waals surface area contributed by atoms with Crippen LogP contribution in [0.3, 0.4) is 0 Å². The molecule has 1 N–H and O–H groups in total. The minimum atomic E-state index is -0.180. The van der Waals surface area contributed by atoms with Gasteiger partial charge in [-0.05, 0) is 72.5 Å². The number of para-hydroxylation sites is 1. The first-order valence-electron chi connectivity index (χ1n) is 10.3. The summed E-state index contributed by atoms with van der Waals surface area (Å²) in [5.41, 5.74) is 3.67. The number of hydrogen-bond acceptors (Lipinski definition) is 3. The van der Waals surface area contributed by atoms with Gasteiger partial charge in [-0.3, -0.25) is 4.79 Å². The predicted octanol–water partition coefficient (Wildman–Crippen LogP) is 6.49. The topological polar surface area (TPSA) is 45.2 Å². The zero-order valence-corrected chi connectivity index (χ0v) is 18.5. The molecule has 1 amide bonds. The van der Waals surface area contributed by atoms with E-state index >= 15 is 0 Å². The summed E-state index contributed by atoms with van der Waals surface area (Å²) in [5, 5.41) is 4.10. The summed E-state index contributed by atoms with van der Waals surface area (Å²) >= 11 is 11.9. The van der Waals surface area contributed by atoms with Gasteiger partial charge in [0.15, 0.2) is 0 Å². The Morgan fingerprint density at radius 2 is 1.77 bits per heavy atom. The molecule has 31 heavy (non-hydrogen) atoms. The number of rotatable bonds is 5. The lowest BCUT2D eigenvalue weighted by atomic mass is 9.88. The molecule has 0 radical (unpaired) electrons. The van der Waals surface area contributed by atoms with E-state index < -0.39 is 0 Å². The van der Waals surface area contributed by atoms with Gasteiger partial charge in [0.2, 0.25) is 0 Å². The second-order valence-corrected chi connectivity index (χ2v) is 8.41. The van der Waals surface area contributed by atoms with Crippen molar-refractivity contribution in [1.82, 2.24) is 9.88 Å². The van der Waals surface area contributed by atoms with Gasteiger partial charge in [0.05, 0.1) is 0 Å². The molecule has 1 aliphatic rings. The molecule has 1 fully saturated rings. The highest BCUT2D eigenvalue weighted by molar-refractivity contribution is 6.30. The van der Waals surface area contributed by atoms with Crippen molar-refractivity contribution >= 4 is 40.9 Å². The Bertz CT molecular complexity index is 1070. The molecule has 0 spiro atoms. The van der Waals surface area contributed by atoms with Crippen LogP contribution in [0.5, 0.6) is 0 Å². The molecule has 0 atom stereocenters. The Hall–Kier alpha value is -2.82. The summed E-state index contributed by atoms with van der Waals surface area (Å²) in [4.78, 5) is 18.9. The fraction of sp³-hybridized carbons (Fsp3) is 0.200. The third-order valence-electron chi connectivity index (χ3n) is 5.51. The first-order valence-corrected chi connectivity index (χ1v) is 11.0. The lowest BCUT2D eigenvalue weighted by molar-refractivity contribution is 0.102. The van der Waals surface area contributed by atoms with Crippen LogP contribution in [0.4, 0.5) is 5.69 Å². The number of aromatic nitrogens is 1. The van der Waals surface area contributed by atoms with E-state index in [1.165, 1.54) is 11.8 Å². The van der Waals surface area contributed by atoms with Crippen LogP contribution < -0.4 is 5.32 Å². The first-order chi connectivity index (χ1) is 15.1. The lowest BCUT2D eigenvalue weighted by Gasteiger charge is -2.32. The van der Waals surface area contributed by atoms with E-state index in [0.29, 0.717) is 16.6 Å². The van der Waals surface area contributed by atoms with Gasteiger partial charge in [-0.2, -0.15) is 0 Å². The van der Waals surface area contributed by atoms with Crippen molar-refractivity contribution in [3.8, 4) is 0 Å². The van der Waals surface area contributed by atoms with E-state index in [4.69, 9.17) is 23.2 Å². The molecule has 0 unspecified atom stereocenters. The van der Waals surface area contributed by atoms with E-state index in [0.717, 1.165) is 42.2 Å². The minimum Gasteiger partial charge on any atom is -0.377 e. The van der Waals surface area contributed by atoms with E-state index in [1.807, 2.05) is 42.5 Å². The number of amides is 1. The third kappa shape index (κ3) is 5.66. The molecule has 158 valence electrons. The van der Waals surface area contributed by atoms with Gasteiger partial charge in [0, 0.05) is 35.6 Å². The standard InChI is InChI=1S/C25H23Cl2N3O/c26-21-7-5-18(6-8-21)10-14-30-15-11-19(12-16-30)22-3-1-2-4-23(22)29-25(31)20-9-13-28-24(27)17-20/h1-10,13-14,17,19H,11-12,15-16H2,(H,29,31)/b14-10+. The minimum absolute atomic E-state index is 0.180. The Balaban J connectivity index is 1.40. The highest BCUT2D eigenvalue weighted by atomic mass is 35.5. The van der Waals surface area contributed by atoms with Gasteiger partial charge in [-0.25, -0.2) is 4.98 Å². The van der Waals surface area contributed by atoms with Crippen LogP contribution in [0.2, 0.25) is 10.2 Å². The Labute approximate surface area is 192 Å². The SMILES string of the molecule is O=C(Nc1ccccc1C1CCN(/C=C/c2ccc(Cl)cc2)CC1)c1ccnc(Cl)c1. The molecule has 2 heterocycles. The average Bonchev–Trinajstić information content (AvgIpc) is 2.79. The average molecular weight is 452 g/mol. The number of anilines is 1. The number of nitrogens with one attached hydrogen (secondary N) is 1. The van der Waals surface area contributed by atoms with Crippen LogP contribution in [-0.4, -0.2) is 28.9 Å². The van der Waals surface area contributed by atoms with Crippen molar-refractivity contribution in [1.29, 1.82) is 0 Å². The maximum Gasteiger partial charge on any atom is 0.255 e. The van der Waals surface area contributed by atoms with E-state index in [9.17, 15) is 4.79 Å². The quantitative estimate of drug-likeness (QED) is 0.450. The molecule has 0 bridgehead atoms. The summed E-state index contributed by atoms with van der Waals surface area (Å²) in [7, 11) is 0. The van der Waals surface area contributed by atoms with Gasteiger partial charge >= 0.3 is 0 Å². The predicted molar refractivity (Wildman–Crippen MR) is 128 cm³/mol. The highest BCUT2D eigenvalue weighted by Crippen LogP contribution is 2.33. The van der Waals surface area contributed by atoms with Crippen molar-refractivity contribution in [3.63, 3.8) is 0 Å². The molecule has 1 saturated heterocycles. The molecule has 3 aromatic rings. The van der Waals surface area contributed by atoms with E-state index in [2.05, 4.69) is 33.5 Å². The molecule has 1 aromatic heterocycles. The molecule has 4 nitrogen and oxygen atoms in total. The summed E-state index contributed by atoms with van der Waals surface area (Å²) in [6, 6.07) is 19.1. The molecule has 1 aliphatic heterocycles. The van der Waals surface area contributed by atoms with Crippen molar-refractivity contribution in [2.45, 2.75) is 18.8 Å². The smallest absolute Gasteiger partial charge is 0.255 e. The number of hydrogen-bond donors (Lipinski definition) is 1. The zero-order valence-electron chi connectivity index (χ0n) is 17.0. The number of nitrogens with zero attached hydrogens (tertiary/aromatic N) is 2. The van der Waals surface area contributed by atoms with Gasteiger partial charge in [-0.1, -0.05) is 53.5 Å². The van der Waals surface area contributed by atoms with E-state index in [1.54, 1.807) is 12.1 Å². The van der Waals surface area contributed by atoms with Crippen LogP contribution in [0.25, 0.3) is 6.08 Å². The normalized spacial score (nSPS) is 14.7. The summed E-state index contributed by atoms with van der Waals surface area (Å²) in [6.45, 7) is 1.94. The van der Waals surface area contributed by atoms with Gasteiger partial charge in [-0.15, -0.1) is 0 Å². The number of carbonyl (C=O) groups excluding carboxylic acids is 1. The van der Waals surface area contributed by atoms with Crippen LogP contribution in [-0.2, 0) is 0 Å². The number of piperidine rings is 1. The maximum absolute atomic E-state index is 12.7. The van der Waals surface area contributed by atoms with Crippen LogP contribution in [0, 0.1) is 0 Å². The fourth-order valence-corrected chi connectivity index (χ4v) is 4.13. The second-order valence-electron chi connectivity index (χ2n) is 7.59. The number of benzene rings is 2. The summed E-state index contributed by atoms with van der Waals surface area (Å²) in [5.74, 6) is 0.220. The lowest BCUT2D eigenvalue weighted by Crippen LogP contribution is -2.29. The van der Waals surface area contributed by atoms with Gasteiger partial charge in [0.25, 0.3) is 5.91 Å². The number of pyridine rings is 1. The molecule has 6 heteroatoms. The third-order valence-corrected chi connectivity index (χ3v) is 5.97. The summed E-state index contributed by atoms with van der Waals surface area (Å²) in [6.07, 6.45) is 7.86. The Kier molecular flexibility index (Phi) is 6.90. The molecule has 4 rings (SSSR count). The first kappa shape index (κ1) is 21.4. The molecular weight excluding hydrogens is 429 g/mol. The summed E-state index contributed by atoms with van der Waals surface area (Å²) < 4.78 is 0. The number of likely N-dealkylation sites (tertiary alicyclic amines) is 1. The molecule has 2 aromatic carbocycles. The largest absolute Gasteiger partial charge is 0.377 e. The van der Waals surface area contributed by atoms with Crippen molar-refractivity contribution in [3.05, 3.63) is 99.9 Å². The number of carbonyl (C=O) groups is 1. The molecule has 0 aliphatic carbocycles. The fourth-order valence-electron chi connectivity index (χ4n) is 3.83. The molecule has 0 saturated carbocycles. The maximum atomic E-state index is 12.7. The van der Waals surface area contributed by atoms with Gasteiger partial charge in [0.1, 0.15) is 5.15 Å². The van der Waals surface area contributed by atoms with Gasteiger partial charge < -0.3 is 10.2 Å². The number of halogens is 2. The van der Waals surface area contributed by atoms with Crippen molar-refractivity contribution in [2.24, 2.45) is 0 Å². The second kappa shape index (κ2) is 9.99. The Morgan fingerprint density at radius 1 is 1.03 bits per heavy atom. The van der Waals surface area contributed by atoms with Crippen molar-refractivity contribution in [2.75, 3.05) is 18.4 Å². The van der Waals surface area contributed by atoms with Crippen LogP contribution in [0.15, 0.2) is 73.1 Å². The van der Waals surface area contributed by atoms with E-state index in [-0.39, 0.29) is 5.91 Å². The highest BCUT2D eigenvalue weighted by Gasteiger charge is 2.22. The molecular formula is C25H23Cl2N3O.